The molecule has 2 aromatic carbocycles. The highest BCUT2D eigenvalue weighted by atomic mass is 127. The summed E-state index contributed by atoms with van der Waals surface area (Å²) in [6.07, 6.45) is 5.60. The minimum Gasteiger partial charge on any atom is -0.352 e. The van der Waals surface area contributed by atoms with Crippen LogP contribution in [0.4, 0.5) is 5.69 Å². The maximum Gasteiger partial charge on any atom is 0.244 e. The number of sulfonamides is 1. The molecule has 0 saturated heterocycles. The third-order valence-electron chi connectivity index (χ3n) is 6.08. The molecule has 3 rings (SSSR count). The Bertz CT molecular complexity index is 1070. The van der Waals surface area contributed by atoms with Crippen LogP contribution in [0.25, 0.3) is 0 Å². The highest BCUT2D eigenvalue weighted by Gasteiger charge is 2.32. The Morgan fingerprint density at radius 3 is 2.24 bits per heavy atom. The van der Waals surface area contributed by atoms with Crippen LogP contribution < -0.4 is 9.62 Å². The van der Waals surface area contributed by atoms with Gasteiger partial charge in [-0.2, -0.15) is 0 Å². The molecule has 0 spiro atoms. The molecule has 7 nitrogen and oxygen atoms in total. The fourth-order valence-electron chi connectivity index (χ4n) is 4.29. The van der Waals surface area contributed by atoms with Crippen LogP contribution in [0.5, 0.6) is 0 Å². The molecule has 2 aromatic rings. The van der Waals surface area contributed by atoms with E-state index in [9.17, 15) is 18.0 Å². The molecular formula is C25H32IN3O4S. The van der Waals surface area contributed by atoms with Gasteiger partial charge in [0.15, 0.2) is 0 Å². The molecular weight excluding hydrogens is 565 g/mol. The fourth-order valence-corrected chi connectivity index (χ4v) is 5.50. The highest BCUT2D eigenvalue weighted by molar-refractivity contribution is 14.1. The highest BCUT2D eigenvalue weighted by Crippen LogP contribution is 2.22. The molecule has 0 bridgehead atoms. The summed E-state index contributed by atoms with van der Waals surface area (Å²) >= 11 is 2.14. The van der Waals surface area contributed by atoms with E-state index >= 15 is 0 Å². The normalized spacial score (nSPS) is 15.0. The number of rotatable bonds is 10. The number of hydrogen-bond acceptors (Lipinski definition) is 4. The van der Waals surface area contributed by atoms with E-state index in [2.05, 4.69) is 27.9 Å². The van der Waals surface area contributed by atoms with Gasteiger partial charge >= 0.3 is 0 Å². The zero-order chi connectivity index (χ0) is 24.7. The van der Waals surface area contributed by atoms with Crippen LogP contribution in [-0.4, -0.2) is 50.0 Å². The lowest BCUT2D eigenvalue weighted by molar-refractivity contribution is -0.140. The predicted molar refractivity (Wildman–Crippen MR) is 143 cm³/mol. The minimum atomic E-state index is -3.72. The molecule has 34 heavy (non-hydrogen) atoms. The standard InChI is InChI=1S/C25H32IN3O4S/c1-3-23(25(31)27-21-11-7-8-12-21)28(17-19-9-5-4-6-10-19)24(30)18-29(34(2,32)33)22-15-13-20(26)14-16-22/h4-6,9-10,13-16,21,23H,3,7-8,11-12,17-18H2,1-2H3,(H,27,31)/t23-/m1/s1. The van der Waals surface area contributed by atoms with Crippen molar-refractivity contribution in [2.45, 2.75) is 57.7 Å². The zero-order valence-electron chi connectivity index (χ0n) is 19.6. The molecule has 1 atom stereocenters. The molecule has 0 unspecified atom stereocenters. The van der Waals surface area contributed by atoms with Gasteiger partial charge in [0, 0.05) is 16.2 Å². The second-order valence-corrected chi connectivity index (χ2v) is 11.8. The van der Waals surface area contributed by atoms with Crippen molar-refractivity contribution in [2.75, 3.05) is 17.1 Å². The molecule has 1 fully saturated rings. The maximum atomic E-state index is 13.6. The van der Waals surface area contributed by atoms with Gasteiger partial charge in [-0.3, -0.25) is 13.9 Å². The molecule has 0 radical (unpaired) electrons. The number of hydrogen-bond donors (Lipinski definition) is 1. The van der Waals surface area contributed by atoms with Crippen molar-refractivity contribution in [1.29, 1.82) is 0 Å². The Kier molecular flexibility index (Phi) is 9.35. The first-order valence-electron chi connectivity index (χ1n) is 11.6. The van der Waals surface area contributed by atoms with Crippen LogP contribution in [0.2, 0.25) is 0 Å². The van der Waals surface area contributed by atoms with Gasteiger partial charge in [-0.05, 0) is 71.7 Å². The van der Waals surface area contributed by atoms with Crippen LogP contribution >= 0.6 is 22.6 Å². The first kappa shape index (κ1) is 26.5. The van der Waals surface area contributed by atoms with Gasteiger partial charge < -0.3 is 10.2 Å². The molecule has 1 aliphatic rings. The summed E-state index contributed by atoms with van der Waals surface area (Å²) in [4.78, 5) is 28.4. The van der Waals surface area contributed by atoms with E-state index in [1.807, 2.05) is 37.3 Å². The summed E-state index contributed by atoms with van der Waals surface area (Å²) in [5.74, 6) is -0.597. The SMILES string of the molecule is CC[C@H](C(=O)NC1CCCC1)N(Cc1ccccc1)C(=O)CN(c1ccc(I)cc1)S(C)(=O)=O. The number of nitrogens with one attached hydrogen (secondary N) is 1. The van der Waals surface area contributed by atoms with Crippen molar-refractivity contribution in [1.82, 2.24) is 10.2 Å². The van der Waals surface area contributed by atoms with Crippen LogP contribution in [0.1, 0.15) is 44.6 Å². The van der Waals surface area contributed by atoms with Crippen molar-refractivity contribution >= 4 is 50.1 Å². The molecule has 9 heteroatoms. The largest absolute Gasteiger partial charge is 0.352 e. The molecule has 1 saturated carbocycles. The summed E-state index contributed by atoms with van der Waals surface area (Å²) in [5, 5.41) is 3.11. The summed E-state index contributed by atoms with van der Waals surface area (Å²) < 4.78 is 27.3. The Morgan fingerprint density at radius 1 is 1.06 bits per heavy atom. The average Bonchev–Trinajstić information content (AvgIpc) is 3.31. The number of amides is 2. The smallest absolute Gasteiger partial charge is 0.244 e. The van der Waals surface area contributed by atoms with Gasteiger partial charge in [0.1, 0.15) is 12.6 Å². The number of anilines is 1. The Labute approximate surface area is 216 Å². The second-order valence-electron chi connectivity index (χ2n) is 8.67. The van der Waals surface area contributed by atoms with Crippen molar-refractivity contribution in [3.63, 3.8) is 0 Å². The van der Waals surface area contributed by atoms with Crippen molar-refractivity contribution in [3.05, 3.63) is 63.7 Å². The zero-order valence-corrected chi connectivity index (χ0v) is 22.6. The summed E-state index contributed by atoms with van der Waals surface area (Å²) in [6, 6.07) is 15.9. The number of benzene rings is 2. The predicted octanol–water partition coefficient (Wildman–Crippen LogP) is 3.92. The van der Waals surface area contributed by atoms with Gasteiger partial charge in [0.05, 0.1) is 11.9 Å². The summed E-state index contributed by atoms with van der Waals surface area (Å²) in [5.41, 5.74) is 1.29. The first-order valence-corrected chi connectivity index (χ1v) is 14.5. The summed E-state index contributed by atoms with van der Waals surface area (Å²) in [7, 11) is -3.72. The molecule has 184 valence electrons. The molecule has 0 aromatic heterocycles. The average molecular weight is 598 g/mol. The second kappa shape index (κ2) is 12.0. The Hall–Kier alpha value is -2.14. The van der Waals surface area contributed by atoms with Gasteiger partial charge in [0.2, 0.25) is 21.8 Å². The van der Waals surface area contributed by atoms with Crippen LogP contribution in [0.3, 0.4) is 0 Å². The van der Waals surface area contributed by atoms with Gasteiger partial charge in [0.25, 0.3) is 0 Å². The van der Waals surface area contributed by atoms with Crippen LogP contribution in [0.15, 0.2) is 54.6 Å². The third kappa shape index (κ3) is 7.18. The number of halogens is 1. The number of carbonyl (C=O) groups excluding carboxylic acids is 2. The van der Waals surface area contributed by atoms with Crippen LogP contribution in [0, 0.1) is 3.57 Å². The van der Waals surface area contributed by atoms with E-state index in [4.69, 9.17) is 0 Å². The van der Waals surface area contributed by atoms with E-state index in [0.717, 1.165) is 45.4 Å². The molecule has 1 aliphatic carbocycles. The van der Waals surface area contributed by atoms with Gasteiger partial charge in [-0.25, -0.2) is 8.42 Å². The van der Waals surface area contributed by atoms with E-state index in [-0.39, 0.29) is 25.0 Å². The summed E-state index contributed by atoms with van der Waals surface area (Å²) in [6.45, 7) is 1.72. The van der Waals surface area contributed by atoms with E-state index in [0.29, 0.717) is 12.1 Å². The number of nitrogens with zero attached hydrogens (tertiary/aromatic N) is 2. The third-order valence-corrected chi connectivity index (χ3v) is 7.94. The minimum absolute atomic E-state index is 0.134. The fraction of sp³-hybridized carbons (Fsp3) is 0.440. The lowest BCUT2D eigenvalue weighted by atomic mass is 10.1. The molecule has 0 heterocycles. The van der Waals surface area contributed by atoms with E-state index in [1.165, 1.54) is 4.90 Å². The van der Waals surface area contributed by atoms with E-state index < -0.39 is 22.0 Å². The van der Waals surface area contributed by atoms with Crippen molar-refractivity contribution < 1.29 is 18.0 Å². The topological polar surface area (TPSA) is 86.8 Å². The van der Waals surface area contributed by atoms with Crippen molar-refractivity contribution in [3.8, 4) is 0 Å². The quantitative estimate of drug-likeness (QED) is 0.421. The molecule has 0 aliphatic heterocycles. The molecule has 1 N–H and O–H groups in total. The first-order chi connectivity index (χ1) is 16.2. The lowest BCUT2D eigenvalue weighted by Gasteiger charge is -2.33. The molecule has 2 amide bonds. The van der Waals surface area contributed by atoms with Gasteiger partial charge in [-0.1, -0.05) is 50.1 Å². The maximum absolute atomic E-state index is 13.6. The number of carbonyl (C=O) groups is 2. The monoisotopic (exact) mass is 597 g/mol. The van der Waals surface area contributed by atoms with Gasteiger partial charge in [-0.15, -0.1) is 0 Å². The Balaban J connectivity index is 1.89. The lowest BCUT2D eigenvalue weighted by Crippen LogP contribution is -2.53. The van der Waals surface area contributed by atoms with Crippen LogP contribution in [-0.2, 0) is 26.2 Å². The van der Waals surface area contributed by atoms with Crippen molar-refractivity contribution in [2.24, 2.45) is 0 Å². The van der Waals surface area contributed by atoms with E-state index in [1.54, 1.807) is 24.3 Å². The Morgan fingerprint density at radius 2 is 1.68 bits per heavy atom.